The smallest absolute Gasteiger partial charge is 0.307 e. The molecule has 1 aromatic carbocycles. The Bertz CT molecular complexity index is 444. The lowest BCUT2D eigenvalue weighted by Crippen LogP contribution is -2.17. The SMILES string of the molecule is O=C(O)C1CNC(c2cc(F)c(F)c(Br)c2)C1. The van der Waals surface area contributed by atoms with Gasteiger partial charge in [0, 0.05) is 12.6 Å². The second kappa shape index (κ2) is 4.70. The number of halogens is 3. The van der Waals surface area contributed by atoms with Crippen LogP contribution in [0, 0.1) is 17.6 Å². The summed E-state index contributed by atoms with van der Waals surface area (Å²) in [6.45, 7) is 0.344. The highest BCUT2D eigenvalue weighted by molar-refractivity contribution is 9.10. The number of carbonyl (C=O) groups is 1. The number of hydrogen-bond donors (Lipinski definition) is 2. The maximum atomic E-state index is 13.2. The molecule has 1 saturated heterocycles. The summed E-state index contributed by atoms with van der Waals surface area (Å²) >= 11 is 2.93. The van der Waals surface area contributed by atoms with E-state index in [1.165, 1.54) is 6.07 Å². The summed E-state index contributed by atoms with van der Waals surface area (Å²) in [7, 11) is 0. The van der Waals surface area contributed by atoms with Gasteiger partial charge in [0.1, 0.15) is 0 Å². The fourth-order valence-corrected chi connectivity index (χ4v) is 2.41. The molecule has 1 heterocycles. The fourth-order valence-electron chi connectivity index (χ4n) is 1.95. The second-order valence-electron chi connectivity index (χ2n) is 4.03. The van der Waals surface area contributed by atoms with Crippen molar-refractivity contribution in [2.24, 2.45) is 5.92 Å². The number of aliphatic carboxylic acids is 1. The van der Waals surface area contributed by atoms with Gasteiger partial charge in [0.15, 0.2) is 11.6 Å². The predicted molar refractivity (Wildman–Crippen MR) is 60.5 cm³/mol. The predicted octanol–water partition coefficient (Wildman–Crippen LogP) is 2.46. The van der Waals surface area contributed by atoms with E-state index >= 15 is 0 Å². The first-order chi connectivity index (χ1) is 7.99. The number of rotatable bonds is 2. The number of carboxylic acids is 1. The van der Waals surface area contributed by atoms with Crippen molar-refractivity contribution in [1.29, 1.82) is 0 Å². The van der Waals surface area contributed by atoms with Crippen molar-refractivity contribution in [2.75, 3.05) is 6.54 Å². The van der Waals surface area contributed by atoms with Crippen LogP contribution in [0.1, 0.15) is 18.0 Å². The number of carboxylic acid groups (broad SMARTS) is 1. The van der Waals surface area contributed by atoms with Crippen molar-refractivity contribution in [3.63, 3.8) is 0 Å². The summed E-state index contributed by atoms with van der Waals surface area (Å²) in [4.78, 5) is 10.8. The Morgan fingerprint density at radius 3 is 2.71 bits per heavy atom. The van der Waals surface area contributed by atoms with Gasteiger partial charge in [-0.05, 0) is 40.0 Å². The first kappa shape index (κ1) is 12.4. The summed E-state index contributed by atoms with van der Waals surface area (Å²) in [5.74, 6) is -3.22. The van der Waals surface area contributed by atoms with Crippen LogP contribution in [0.15, 0.2) is 16.6 Å². The molecule has 2 unspecified atom stereocenters. The highest BCUT2D eigenvalue weighted by Crippen LogP contribution is 2.30. The van der Waals surface area contributed by atoms with E-state index in [9.17, 15) is 13.6 Å². The minimum absolute atomic E-state index is 0.0491. The molecule has 0 aliphatic carbocycles. The van der Waals surface area contributed by atoms with Gasteiger partial charge in [0.05, 0.1) is 10.4 Å². The van der Waals surface area contributed by atoms with Crippen molar-refractivity contribution in [3.05, 3.63) is 33.8 Å². The Labute approximate surface area is 105 Å². The molecule has 2 N–H and O–H groups in total. The maximum absolute atomic E-state index is 13.2. The average molecular weight is 306 g/mol. The van der Waals surface area contributed by atoms with Crippen molar-refractivity contribution in [3.8, 4) is 0 Å². The Morgan fingerprint density at radius 2 is 2.18 bits per heavy atom. The minimum Gasteiger partial charge on any atom is -0.481 e. The van der Waals surface area contributed by atoms with Crippen molar-refractivity contribution in [2.45, 2.75) is 12.5 Å². The second-order valence-corrected chi connectivity index (χ2v) is 4.88. The summed E-state index contributed by atoms with van der Waals surface area (Å²) in [6.07, 6.45) is 0.382. The zero-order valence-corrected chi connectivity index (χ0v) is 10.3. The third-order valence-electron chi connectivity index (χ3n) is 2.89. The normalized spacial score (nSPS) is 23.9. The Balaban J connectivity index is 2.22. The molecule has 1 aliphatic heterocycles. The third kappa shape index (κ3) is 2.47. The quantitative estimate of drug-likeness (QED) is 0.825. The summed E-state index contributed by atoms with van der Waals surface area (Å²) in [5.41, 5.74) is 0.555. The first-order valence-electron chi connectivity index (χ1n) is 5.09. The van der Waals surface area contributed by atoms with E-state index in [2.05, 4.69) is 21.2 Å². The zero-order valence-electron chi connectivity index (χ0n) is 8.71. The number of benzene rings is 1. The minimum atomic E-state index is -0.935. The Morgan fingerprint density at radius 1 is 1.47 bits per heavy atom. The molecule has 6 heteroatoms. The number of nitrogens with one attached hydrogen (secondary N) is 1. The van der Waals surface area contributed by atoms with Crippen LogP contribution in [0.4, 0.5) is 8.78 Å². The van der Waals surface area contributed by atoms with Crippen LogP contribution in [-0.2, 0) is 4.79 Å². The first-order valence-corrected chi connectivity index (χ1v) is 5.89. The van der Waals surface area contributed by atoms with E-state index in [0.717, 1.165) is 6.07 Å². The van der Waals surface area contributed by atoms with Crippen molar-refractivity contribution < 1.29 is 18.7 Å². The highest BCUT2D eigenvalue weighted by Gasteiger charge is 2.30. The third-order valence-corrected chi connectivity index (χ3v) is 3.47. The van der Waals surface area contributed by atoms with Crippen LogP contribution < -0.4 is 5.32 Å². The van der Waals surface area contributed by atoms with Gasteiger partial charge >= 0.3 is 5.97 Å². The van der Waals surface area contributed by atoms with E-state index in [-0.39, 0.29) is 10.5 Å². The topological polar surface area (TPSA) is 49.3 Å². The molecule has 2 rings (SSSR count). The molecule has 17 heavy (non-hydrogen) atoms. The van der Waals surface area contributed by atoms with E-state index in [1.54, 1.807) is 0 Å². The lowest BCUT2D eigenvalue weighted by atomic mass is 10.00. The molecule has 0 spiro atoms. The lowest BCUT2D eigenvalue weighted by Gasteiger charge is -2.11. The molecule has 1 aromatic rings. The Kier molecular flexibility index (Phi) is 3.44. The molecule has 3 nitrogen and oxygen atoms in total. The maximum Gasteiger partial charge on any atom is 0.307 e. The van der Waals surface area contributed by atoms with E-state index in [1.807, 2.05) is 0 Å². The molecule has 0 radical (unpaired) electrons. The van der Waals surface area contributed by atoms with Crippen molar-refractivity contribution >= 4 is 21.9 Å². The van der Waals surface area contributed by atoms with Crippen LogP contribution in [0.25, 0.3) is 0 Å². The van der Waals surface area contributed by atoms with Gasteiger partial charge < -0.3 is 10.4 Å². The average Bonchev–Trinajstić information content (AvgIpc) is 2.74. The molecule has 1 aliphatic rings. The monoisotopic (exact) mass is 305 g/mol. The molecule has 1 fully saturated rings. The van der Waals surface area contributed by atoms with Crippen LogP contribution in [0.3, 0.4) is 0 Å². The highest BCUT2D eigenvalue weighted by atomic mass is 79.9. The van der Waals surface area contributed by atoms with Crippen molar-refractivity contribution in [1.82, 2.24) is 5.32 Å². The van der Waals surface area contributed by atoms with E-state index in [4.69, 9.17) is 5.11 Å². The van der Waals surface area contributed by atoms with Gasteiger partial charge in [-0.3, -0.25) is 4.79 Å². The van der Waals surface area contributed by atoms with Gasteiger partial charge in [0.2, 0.25) is 0 Å². The summed E-state index contributed by atoms with van der Waals surface area (Å²) in [6, 6.07) is 2.32. The van der Waals surface area contributed by atoms with Crippen LogP contribution in [0.5, 0.6) is 0 Å². The lowest BCUT2D eigenvalue weighted by molar-refractivity contribution is -0.141. The zero-order chi connectivity index (χ0) is 12.6. The molecule has 92 valence electrons. The van der Waals surface area contributed by atoms with E-state index in [0.29, 0.717) is 18.5 Å². The van der Waals surface area contributed by atoms with Gasteiger partial charge in [-0.2, -0.15) is 0 Å². The van der Waals surface area contributed by atoms with Gasteiger partial charge in [-0.25, -0.2) is 8.78 Å². The molecular weight excluding hydrogens is 296 g/mol. The van der Waals surface area contributed by atoms with Gasteiger partial charge in [0.25, 0.3) is 0 Å². The van der Waals surface area contributed by atoms with Crippen LogP contribution >= 0.6 is 15.9 Å². The largest absolute Gasteiger partial charge is 0.481 e. The van der Waals surface area contributed by atoms with Crippen LogP contribution in [-0.4, -0.2) is 17.6 Å². The molecular formula is C11H10BrF2NO2. The molecule has 0 amide bonds. The summed E-state index contributed by atoms with van der Waals surface area (Å²) < 4.78 is 26.3. The fraction of sp³-hybridized carbons (Fsp3) is 0.364. The standard InChI is InChI=1S/C11H10BrF2NO2/c12-7-1-5(2-8(13)10(7)14)9-3-6(4-15-9)11(16)17/h1-2,6,9,15H,3-4H2,(H,16,17). The summed E-state index contributed by atoms with van der Waals surface area (Å²) in [5, 5.41) is 11.8. The molecule has 2 atom stereocenters. The molecule has 0 aromatic heterocycles. The molecule has 0 bridgehead atoms. The van der Waals surface area contributed by atoms with Gasteiger partial charge in [-0.1, -0.05) is 0 Å². The van der Waals surface area contributed by atoms with E-state index < -0.39 is 23.5 Å². The molecule has 0 saturated carbocycles. The number of hydrogen-bond acceptors (Lipinski definition) is 2. The van der Waals surface area contributed by atoms with Gasteiger partial charge in [-0.15, -0.1) is 0 Å². The van der Waals surface area contributed by atoms with Crippen LogP contribution in [0.2, 0.25) is 0 Å². The Hall–Kier alpha value is -1.01.